The number of benzene rings is 1. The van der Waals surface area contributed by atoms with Gasteiger partial charge in [-0.05, 0) is 23.8 Å². The maximum atomic E-state index is 12.4. The Labute approximate surface area is 85.2 Å². The van der Waals surface area contributed by atoms with Gasteiger partial charge >= 0.3 is 6.18 Å². The molecule has 1 aromatic carbocycles. The summed E-state index contributed by atoms with van der Waals surface area (Å²) >= 11 is 0. The summed E-state index contributed by atoms with van der Waals surface area (Å²) in [5, 5.41) is 0. The van der Waals surface area contributed by atoms with E-state index in [1.165, 1.54) is 6.07 Å². The van der Waals surface area contributed by atoms with Gasteiger partial charge in [-0.25, -0.2) is 0 Å². The Balaban J connectivity index is 2.49. The molecule has 0 atom stereocenters. The van der Waals surface area contributed by atoms with Crippen LogP contribution in [0.25, 0.3) is 5.57 Å². The van der Waals surface area contributed by atoms with Crippen LogP contribution in [-0.4, -0.2) is 6.61 Å². The van der Waals surface area contributed by atoms with Gasteiger partial charge in [-0.2, -0.15) is 13.2 Å². The minimum absolute atomic E-state index is 0.469. The largest absolute Gasteiger partial charge is 0.493 e. The van der Waals surface area contributed by atoms with Crippen molar-refractivity contribution in [1.29, 1.82) is 0 Å². The minimum atomic E-state index is -4.31. The number of ether oxygens (including phenoxy) is 1. The Morgan fingerprint density at radius 1 is 1.27 bits per heavy atom. The molecule has 1 nitrogen and oxygen atoms in total. The van der Waals surface area contributed by atoms with Crippen molar-refractivity contribution in [3.05, 3.63) is 35.9 Å². The van der Waals surface area contributed by atoms with Crippen molar-refractivity contribution < 1.29 is 17.9 Å². The quantitative estimate of drug-likeness (QED) is 0.642. The minimum Gasteiger partial charge on any atom is -0.493 e. The second-order valence-electron chi connectivity index (χ2n) is 3.41. The summed E-state index contributed by atoms with van der Waals surface area (Å²) < 4.78 is 42.5. The Morgan fingerprint density at radius 2 is 2.00 bits per heavy atom. The van der Waals surface area contributed by atoms with Crippen molar-refractivity contribution >= 4 is 5.57 Å². The number of hydrogen-bond acceptors (Lipinski definition) is 1. The number of hydrogen-bond donors (Lipinski definition) is 0. The third-order valence-corrected chi connectivity index (χ3v) is 2.35. The first-order valence-electron chi connectivity index (χ1n) is 4.50. The molecule has 0 fully saturated rings. The standard InChI is InChI=1S/C11H9F3O/c1-7-4-5-15-10-3-2-8(6-9(7)10)11(12,13)14/h2-3,6H,1,4-5H2. The molecule has 2 rings (SSSR count). The van der Waals surface area contributed by atoms with E-state index in [0.29, 0.717) is 29.9 Å². The van der Waals surface area contributed by atoms with Crippen molar-refractivity contribution in [1.82, 2.24) is 0 Å². The summed E-state index contributed by atoms with van der Waals surface area (Å²) in [6.45, 7) is 4.21. The first-order chi connectivity index (χ1) is 6.98. The second-order valence-corrected chi connectivity index (χ2v) is 3.41. The summed E-state index contributed by atoms with van der Waals surface area (Å²) in [4.78, 5) is 0. The van der Waals surface area contributed by atoms with Crippen LogP contribution in [-0.2, 0) is 6.18 Å². The zero-order valence-corrected chi connectivity index (χ0v) is 7.90. The molecule has 0 spiro atoms. The lowest BCUT2D eigenvalue weighted by atomic mass is 9.99. The van der Waals surface area contributed by atoms with Crippen LogP contribution in [0.3, 0.4) is 0 Å². The molecule has 15 heavy (non-hydrogen) atoms. The molecule has 1 aromatic rings. The number of rotatable bonds is 0. The topological polar surface area (TPSA) is 9.23 Å². The van der Waals surface area contributed by atoms with Gasteiger partial charge < -0.3 is 4.74 Å². The average Bonchev–Trinajstić information content (AvgIpc) is 2.16. The van der Waals surface area contributed by atoms with E-state index in [0.717, 1.165) is 12.1 Å². The lowest BCUT2D eigenvalue weighted by Crippen LogP contribution is -2.10. The van der Waals surface area contributed by atoms with Gasteiger partial charge in [0, 0.05) is 12.0 Å². The predicted molar refractivity (Wildman–Crippen MR) is 50.6 cm³/mol. The van der Waals surface area contributed by atoms with E-state index in [4.69, 9.17) is 4.74 Å². The van der Waals surface area contributed by atoms with E-state index in [2.05, 4.69) is 6.58 Å². The van der Waals surface area contributed by atoms with Crippen molar-refractivity contribution in [3.8, 4) is 5.75 Å². The monoisotopic (exact) mass is 214 g/mol. The highest BCUT2D eigenvalue weighted by atomic mass is 19.4. The molecule has 0 aromatic heterocycles. The van der Waals surface area contributed by atoms with Crippen LogP contribution in [0.4, 0.5) is 13.2 Å². The molecule has 0 unspecified atom stereocenters. The fraction of sp³-hybridized carbons (Fsp3) is 0.273. The normalized spacial score (nSPS) is 15.8. The summed E-state index contributed by atoms with van der Waals surface area (Å²) in [6.07, 6.45) is -3.74. The highest BCUT2D eigenvalue weighted by molar-refractivity contribution is 5.70. The lowest BCUT2D eigenvalue weighted by Gasteiger charge is -2.20. The maximum Gasteiger partial charge on any atom is 0.416 e. The van der Waals surface area contributed by atoms with Crippen molar-refractivity contribution in [2.75, 3.05) is 6.61 Å². The summed E-state index contributed by atoms with van der Waals surface area (Å²) in [5.74, 6) is 0.485. The third kappa shape index (κ3) is 1.84. The van der Waals surface area contributed by atoms with E-state index >= 15 is 0 Å². The van der Waals surface area contributed by atoms with Gasteiger partial charge in [-0.15, -0.1) is 0 Å². The molecule has 0 amide bonds. The predicted octanol–water partition coefficient (Wildman–Crippen LogP) is 3.50. The molecule has 80 valence electrons. The number of alkyl halides is 3. The smallest absolute Gasteiger partial charge is 0.416 e. The van der Waals surface area contributed by atoms with Gasteiger partial charge in [0.25, 0.3) is 0 Å². The highest BCUT2D eigenvalue weighted by Crippen LogP contribution is 2.37. The summed E-state index contributed by atoms with van der Waals surface area (Å²) in [5.41, 5.74) is 0.506. The molecule has 1 aliphatic rings. The van der Waals surface area contributed by atoms with Gasteiger partial charge in [0.1, 0.15) is 5.75 Å². The van der Waals surface area contributed by atoms with Crippen LogP contribution in [0.2, 0.25) is 0 Å². The zero-order valence-electron chi connectivity index (χ0n) is 7.90. The van der Waals surface area contributed by atoms with E-state index in [9.17, 15) is 13.2 Å². The molecule has 0 saturated heterocycles. The van der Waals surface area contributed by atoms with Gasteiger partial charge in [0.05, 0.1) is 12.2 Å². The van der Waals surface area contributed by atoms with Crippen molar-refractivity contribution in [2.45, 2.75) is 12.6 Å². The molecule has 4 heteroatoms. The molecule has 1 heterocycles. The van der Waals surface area contributed by atoms with Crippen LogP contribution in [0.1, 0.15) is 17.5 Å². The van der Waals surface area contributed by atoms with Crippen LogP contribution in [0.5, 0.6) is 5.75 Å². The van der Waals surface area contributed by atoms with Crippen LogP contribution < -0.4 is 4.74 Å². The summed E-state index contributed by atoms with van der Waals surface area (Å²) in [7, 11) is 0. The van der Waals surface area contributed by atoms with E-state index in [1.54, 1.807) is 0 Å². The van der Waals surface area contributed by atoms with Gasteiger partial charge in [-0.1, -0.05) is 6.58 Å². The molecule has 0 aliphatic carbocycles. The van der Waals surface area contributed by atoms with Gasteiger partial charge in [0.2, 0.25) is 0 Å². The van der Waals surface area contributed by atoms with Gasteiger partial charge in [0.15, 0.2) is 0 Å². The van der Waals surface area contributed by atoms with Crippen molar-refractivity contribution in [3.63, 3.8) is 0 Å². The second kappa shape index (κ2) is 3.29. The number of halogens is 3. The van der Waals surface area contributed by atoms with E-state index in [1.807, 2.05) is 0 Å². The Hall–Kier alpha value is -1.45. The van der Waals surface area contributed by atoms with Crippen LogP contribution >= 0.6 is 0 Å². The fourth-order valence-electron chi connectivity index (χ4n) is 1.53. The van der Waals surface area contributed by atoms with Gasteiger partial charge in [-0.3, -0.25) is 0 Å². The Bertz CT molecular complexity index is 407. The SMILES string of the molecule is C=C1CCOc2ccc(C(F)(F)F)cc21. The fourth-order valence-corrected chi connectivity index (χ4v) is 1.53. The molecular formula is C11H9F3O. The molecular weight excluding hydrogens is 205 g/mol. The van der Waals surface area contributed by atoms with Crippen LogP contribution in [0.15, 0.2) is 24.8 Å². The average molecular weight is 214 g/mol. The molecule has 0 bridgehead atoms. The van der Waals surface area contributed by atoms with Crippen LogP contribution in [0, 0.1) is 0 Å². The molecule has 0 radical (unpaired) electrons. The molecule has 1 aliphatic heterocycles. The summed E-state index contributed by atoms with van der Waals surface area (Å²) in [6, 6.07) is 3.47. The zero-order chi connectivity index (χ0) is 11.1. The van der Waals surface area contributed by atoms with E-state index < -0.39 is 11.7 Å². The Kier molecular flexibility index (Phi) is 2.21. The van der Waals surface area contributed by atoms with E-state index in [-0.39, 0.29) is 0 Å². The lowest BCUT2D eigenvalue weighted by molar-refractivity contribution is -0.137. The third-order valence-electron chi connectivity index (χ3n) is 2.35. The maximum absolute atomic E-state index is 12.4. The first-order valence-corrected chi connectivity index (χ1v) is 4.50. The Morgan fingerprint density at radius 3 is 2.67 bits per heavy atom. The van der Waals surface area contributed by atoms with Crippen molar-refractivity contribution in [2.24, 2.45) is 0 Å². The number of fused-ring (bicyclic) bond motifs is 1. The highest BCUT2D eigenvalue weighted by Gasteiger charge is 2.31. The first kappa shape index (κ1) is 10.1. The molecule has 0 saturated carbocycles. The molecule has 0 N–H and O–H groups in total.